The second-order valence-electron chi connectivity index (χ2n) is 4.03. The second-order valence-corrected chi connectivity index (χ2v) is 6.19. The topological polar surface area (TPSA) is 101 Å². The molecule has 0 radical (unpaired) electrons. The fraction of sp³-hybridized carbons (Fsp3) is 0.154. The predicted molar refractivity (Wildman–Crippen MR) is 87.8 cm³/mol. The molecule has 110 valence electrons. The lowest BCUT2D eigenvalue weighted by atomic mass is 10.2. The van der Waals surface area contributed by atoms with Crippen molar-refractivity contribution in [3.63, 3.8) is 0 Å². The molecule has 6 nitrogen and oxygen atoms in total. The van der Waals surface area contributed by atoms with Gasteiger partial charge in [-0.05, 0) is 30.0 Å². The Morgan fingerprint density at radius 1 is 1.43 bits per heavy atom. The van der Waals surface area contributed by atoms with Gasteiger partial charge in [-0.1, -0.05) is 34.6 Å². The number of amides is 1. The zero-order chi connectivity index (χ0) is 15.4. The zero-order valence-electron chi connectivity index (χ0n) is 11.1. The molecule has 0 aliphatic carbocycles. The molecule has 0 fully saturated rings. The number of nitrogens with two attached hydrogens (primary N) is 1. The number of carbonyl (C=O) groups excluding carboxylic acids is 1. The van der Waals surface area contributed by atoms with Crippen molar-refractivity contribution in [1.82, 2.24) is 9.97 Å². The van der Waals surface area contributed by atoms with E-state index in [4.69, 9.17) is 5.73 Å². The van der Waals surface area contributed by atoms with Crippen LogP contribution in [0.2, 0.25) is 0 Å². The zero-order valence-corrected chi connectivity index (χ0v) is 13.5. The van der Waals surface area contributed by atoms with Gasteiger partial charge in [-0.15, -0.1) is 0 Å². The molecular formula is C13H13BrN4O2S. The van der Waals surface area contributed by atoms with Gasteiger partial charge >= 0.3 is 0 Å². The fourth-order valence-electron chi connectivity index (χ4n) is 1.58. The average Bonchev–Trinajstić information content (AvgIpc) is 2.44. The molecule has 1 aromatic heterocycles. The van der Waals surface area contributed by atoms with E-state index in [1.54, 1.807) is 24.3 Å². The molecular weight excluding hydrogens is 356 g/mol. The van der Waals surface area contributed by atoms with E-state index in [2.05, 4.69) is 31.2 Å². The summed E-state index contributed by atoms with van der Waals surface area (Å²) in [7, 11) is 0. The minimum atomic E-state index is -0.469. The van der Waals surface area contributed by atoms with E-state index in [1.165, 1.54) is 11.8 Å². The number of H-pyrrole nitrogens is 1. The first-order chi connectivity index (χ1) is 10.0. The molecule has 1 amide bonds. The van der Waals surface area contributed by atoms with E-state index in [1.807, 2.05) is 6.92 Å². The van der Waals surface area contributed by atoms with Crippen LogP contribution in [-0.4, -0.2) is 21.6 Å². The summed E-state index contributed by atoms with van der Waals surface area (Å²) in [5.74, 6) is 0.338. The van der Waals surface area contributed by atoms with Gasteiger partial charge in [0.1, 0.15) is 5.69 Å². The van der Waals surface area contributed by atoms with E-state index in [0.717, 1.165) is 10.2 Å². The largest absolute Gasteiger partial charge is 0.382 e. The third kappa shape index (κ3) is 3.85. The molecule has 1 heterocycles. The van der Waals surface area contributed by atoms with E-state index in [-0.39, 0.29) is 11.5 Å². The Balaban J connectivity index is 2.25. The van der Waals surface area contributed by atoms with Crippen LogP contribution in [0.15, 0.2) is 38.7 Å². The summed E-state index contributed by atoms with van der Waals surface area (Å²) in [6.45, 7) is 1.93. The molecule has 0 atom stereocenters. The number of thioether (sulfide) groups is 1. The monoisotopic (exact) mass is 368 g/mol. The summed E-state index contributed by atoms with van der Waals surface area (Å²) in [5, 5.41) is 2.92. The molecule has 4 N–H and O–H groups in total. The van der Waals surface area contributed by atoms with Crippen LogP contribution >= 0.6 is 27.7 Å². The van der Waals surface area contributed by atoms with Crippen LogP contribution in [-0.2, 0) is 0 Å². The third-order valence-electron chi connectivity index (χ3n) is 2.55. The van der Waals surface area contributed by atoms with Crippen LogP contribution in [0.25, 0.3) is 0 Å². The predicted octanol–water partition coefficient (Wildman–Crippen LogP) is 2.48. The van der Waals surface area contributed by atoms with Crippen LogP contribution in [0, 0.1) is 0 Å². The number of rotatable bonds is 4. The number of nitrogens with zero attached hydrogens (tertiary/aromatic N) is 1. The number of anilines is 2. The highest BCUT2D eigenvalue weighted by Gasteiger charge is 2.13. The van der Waals surface area contributed by atoms with Crippen LogP contribution in [0.1, 0.15) is 17.3 Å². The molecule has 0 saturated heterocycles. The van der Waals surface area contributed by atoms with Crippen molar-refractivity contribution in [3.8, 4) is 0 Å². The highest BCUT2D eigenvalue weighted by atomic mass is 79.9. The van der Waals surface area contributed by atoms with Crippen LogP contribution in [0.3, 0.4) is 0 Å². The smallest absolute Gasteiger partial charge is 0.277 e. The van der Waals surface area contributed by atoms with Crippen LogP contribution in [0.4, 0.5) is 11.5 Å². The summed E-state index contributed by atoms with van der Waals surface area (Å²) < 4.78 is 0.860. The minimum absolute atomic E-state index is 0.000150. The van der Waals surface area contributed by atoms with Gasteiger partial charge in [0.15, 0.2) is 11.0 Å². The number of hydrogen-bond donors (Lipinski definition) is 3. The van der Waals surface area contributed by atoms with E-state index >= 15 is 0 Å². The van der Waals surface area contributed by atoms with Crippen molar-refractivity contribution >= 4 is 45.1 Å². The molecule has 0 unspecified atom stereocenters. The van der Waals surface area contributed by atoms with Gasteiger partial charge in [-0.3, -0.25) is 14.6 Å². The molecule has 2 aromatic rings. The first-order valence-corrected chi connectivity index (χ1v) is 7.88. The van der Waals surface area contributed by atoms with E-state index < -0.39 is 11.5 Å². The Bertz CT molecular complexity index is 715. The standard InChI is InChI=1S/C13H13BrN4O2S/c1-2-21-13-17-10(15)9(12(20)18-13)16-11(19)7-3-5-8(14)6-4-7/h3-6H,2H2,1H3,(H,16,19)(H3,15,17,18,20). The normalized spacial score (nSPS) is 10.4. The maximum atomic E-state index is 12.1. The molecule has 0 aliphatic rings. The van der Waals surface area contributed by atoms with Crippen molar-refractivity contribution in [2.45, 2.75) is 12.1 Å². The average molecular weight is 369 g/mol. The number of benzene rings is 1. The van der Waals surface area contributed by atoms with E-state index in [0.29, 0.717) is 10.7 Å². The maximum absolute atomic E-state index is 12.1. The Labute approximate surface area is 133 Å². The Morgan fingerprint density at radius 3 is 2.67 bits per heavy atom. The first kappa shape index (κ1) is 15.6. The molecule has 1 aromatic carbocycles. The van der Waals surface area contributed by atoms with Crippen molar-refractivity contribution < 1.29 is 4.79 Å². The summed E-state index contributed by atoms with van der Waals surface area (Å²) >= 11 is 4.65. The first-order valence-electron chi connectivity index (χ1n) is 6.10. The quantitative estimate of drug-likeness (QED) is 0.568. The number of hydrogen-bond acceptors (Lipinski definition) is 5. The van der Waals surface area contributed by atoms with Crippen molar-refractivity contribution in [2.24, 2.45) is 0 Å². The molecule has 21 heavy (non-hydrogen) atoms. The lowest BCUT2D eigenvalue weighted by Crippen LogP contribution is -2.23. The lowest BCUT2D eigenvalue weighted by molar-refractivity contribution is 0.102. The van der Waals surface area contributed by atoms with Gasteiger partial charge in [0, 0.05) is 10.0 Å². The van der Waals surface area contributed by atoms with Gasteiger partial charge in [0.05, 0.1) is 0 Å². The summed E-state index contributed by atoms with van der Waals surface area (Å²) in [6.07, 6.45) is 0. The maximum Gasteiger partial charge on any atom is 0.277 e. The highest BCUT2D eigenvalue weighted by molar-refractivity contribution is 9.10. The Morgan fingerprint density at radius 2 is 2.10 bits per heavy atom. The van der Waals surface area contributed by atoms with E-state index in [9.17, 15) is 9.59 Å². The lowest BCUT2D eigenvalue weighted by Gasteiger charge is -2.08. The van der Waals surface area contributed by atoms with Gasteiger partial charge in [0.25, 0.3) is 11.5 Å². The van der Waals surface area contributed by atoms with Crippen molar-refractivity contribution in [2.75, 3.05) is 16.8 Å². The fourth-order valence-corrected chi connectivity index (χ4v) is 2.45. The number of aromatic amines is 1. The number of carbonyl (C=O) groups is 1. The highest BCUT2D eigenvalue weighted by Crippen LogP contribution is 2.17. The number of aromatic nitrogens is 2. The molecule has 8 heteroatoms. The van der Waals surface area contributed by atoms with Crippen LogP contribution < -0.4 is 16.6 Å². The Hall–Kier alpha value is -1.80. The van der Waals surface area contributed by atoms with Crippen LogP contribution in [0.5, 0.6) is 0 Å². The number of nitrogen functional groups attached to an aromatic ring is 1. The minimum Gasteiger partial charge on any atom is -0.382 e. The molecule has 0 aliphatic heterocycles. The Kier molecular flexibility index (Phi) is 5.03. The van der Waals surface area contributed by atoms with Gasteiger partial charge in [0.2, 0.25) is 0 Å². The SMILES string of the molecule is CCSc1nc(N)c(NC(=O)c2ccc(Br)cc2)c(=O)[nH]1. The van der Waals surface area contributed by atoms with Gasteiger partial charge < -0.3 is 11.1 Å². The number of halogens is 1. The second kappa shape index (κ2) is 6.77. The third-order valence-corrected chi connectivity index (χ3v) is 3.84. The molecule has 0 spiro atoms. The van der Waals surface area contributed by atoms with Gasteiger partial charge in [-0.25, -0.2) is 4.98 Å². The summed E-state index contributed by atoms with van der Waals surface area (Å²) in [5.41, 5.74) is 5.65. The summed E-state index contributed by atoms with van der Waals surface area (Å²) in [4.78, 5) is 30.6. The number of nitrogens with one attached hydrogen (secondary N) is 2. The van der Waals surface area contributed by atoms with Gasteiger partial charge in [-0.2, -0.15) is 0 Å². The van der Waals surface area contributed by atoms with Crippen molar-refractivity contribution in [3.05, 3.63) is 44.7 Å². The molecule has 2 rings (SSSR count). The molecule has 0 saturated carbocycles. The van der Waals surface area contributed by atoms with Crippen molar-refractivity contribution in [1.29, 1.82) is 0 Å². The molecule has 0 bridgehead atoms. The summed E-state index contributed by atoms with van der Waals surface area (Å²) in [6, 6.07) is 6.75.